The first-order valence-electron chi connectivity index (χ1n) is 10.1. The van der Waals surface area contributed by atoms with Crippen LogP contribution in [0.2, 0.25) is 0 Å². The van der Waals surface area contributed by atoms with Crippen molar-refractivity contribution in [2.45, 2.75) is 12.5 Å². The van der Waals surface area contributed by atoms with Gasteiger partial charge in [0.25, 0.3) is 0 Å². The number of piperazine rings is 1. The van der Waals surface area contributed by atoms with Crippen LogP contribution in [0.4, 0.5) is 0 Å². The van der Waals surface area contributed by atoms with Crippen LogP contribution in [0.25, 0.3) is 0 Å². The van der Waals surface area contributed by atoms with Gasteiger partial charge in [-0.25, -0.2) is 0 Å². The van der Waals surface area contributed by atoms with Crippen LogP contribution in [-0.2, 0) is 11.2 Å². The molecule has 1 amide bonds. The summed E-state index contributed by atoms with van der Waals surface area (Å²) in [7, 11) is 0. The lowest BCUT2D eigenvalue weighted by Crippen LogP contribution is -2.50. The molecule has 3 aromatic rings. The third-order valence-corrected chi connectivity index (χ3v) is 6.06. The van der Waals surface area contributed by atoms with Crippen LogP contribution in [0.15, 0.2) is 89.4 Å². The lowest BCUT2D eigenvalue weighted by atomic mass is 9.96. The van der Waals surface area contributed by atoms with Crippen LogP contribution < -0.4 is 0 Å². The average Bonchev–Trinajstić information content (AvgIpc) is 2.77. The summed E-state index contributed by atoms with van der Waals surface area (Å²) in [6.07, 6.45) is 0.482. The zero-order chi connectivity index (χ0) is 20.1. The average molecular weight is 449 g/mol. The number of hydrogen-bond donors (Lipinski definition) is 0. The highest BCUT2D eigenvalue weighted by Gasteiger charge is 2.28. The molecule has 1 heterocycles. The molecular formula is C25H25BrN2O. The second kappa shape index (κ2) is 9.38. The van der Waals surface area contributed by atoms with E-state index in [9.17, 15) is 4.79 Å². The molecule has 0 aliphatic carbocycles. The predicted octanol–water partition coefficient (Wildman–Crippen LogP) is 4.93. The summed E-state index contributed by atoms with van der Waals surface area (Å²) in [4.78, 5) is 17.2. The van der Waals surface area contributed by atoms with E-state index in [1.165, 1.54) is 11.1 Å². The molecule has 0 aromatic heterocycles. The Morgan fingerprint density at radius 3 is 1.93 bits per heavy atom. The van der Waals surface area contributed by atoms with Gasteiger partial charge < -0.3 is 4.90 Å². The molecule has 0 saturated carbocycles. The third-order valence-electron chi connectivity index (χ3n) is 5.53. The van der Waals surface area contributed by atoms with Gasteiger partial charge in [0, 0.05) is 30.7 Å². The van der Waals surface area contributed by atoms with Crippen molar-refractivity contribution in [1.29, 1.82) is 0 Å². The summed E-state index contributed by atoms with van der Waals surface area (Å²) < 4.78 is 1.09. The van der Waals surface area contributed by atoms with Gasteiger partial charge in [-0.3, -0.25) is 9.69 Å². The first kappa shape index (κ1) is 19.9. The lowest BCUT2D eigenvalue weighted by molar-refractivity contribution is -0.132. The van der Waals surface area contributed by atoms with Gasteiger partial charge in [-0.15, -0.1) is 0 Å². The van der Waals surface area contributed by atoms with Gasteiger partial charge in [0.1, 0.15) is 0 Å². The summed E-state index contributed by atoms with van der Waals surface area (Å²) in [6.45, 7) is 3.28. The Morgan fingerprint density at radius 2 is 1.31 bits per heavy atom. The molecule has 1 atom stereocenters. The minimum Gasteiger partial charge on any atom is -0.340 e. The van der Waals surface area contributed by atoms with Crippen LogP contribution in [0.1, 0.15) is 22.7 Å². The maximum absolute atomic E-state index is 12.7. The first-order chi connectivity index (χ1) is 14.2. The normalized spacial score (nSPS) is 15.8. The Morgan fingerprint density at radius 1 is 0.759 bits per heavy atom. The number of benzene rings is 3. The number of nitrogens with zero attached hydrogens (tertiary/aromatic N) is 2. The second-order valence-corrected chi connectivity index (χ2v) is 8.36. The predicted molar refractivity (Wildman–Crippen MR) is 121 cm³/mol. The molecule has 4 heteroatoms. The van der Waals surface area contributed by atoms with E-state index in [4.69, 9.17) is 0 Å². The fraction of sp³-hybridized carbons (Fsp3) is 0.240. The van der Waals surface area contributed by atoms with Gasteiger partial charge in [0.15, 0.2) is 0 Å². The Bertz CT molecular complexity index is 920. The minimum atomic E-state index is 0.204. The summed E-state index contributed by atoms with van der Waals surface area (Å²) in [5.74, 6) is 0.218. The molecule has 4 rings (SSSR count). The number of halogens is 1. The molecule has 148 valence electrons. The van der Waals surface area contributed by atoms with Crippen molar-refractivity contribution < 1.29 is 4.79 Å². The number of hydrogen-bond acceptors (Lipinski definition) is 2. The number of carbonyl (C=O) groups excluding carboxylic acids is 1. The minimum absolute atomic E-state index is 0.204. The maximum atomic E-state index is 12.7. The molecule has 1 aliphatic rings. The van der Waals surface area contributed by atoms with Crippen LogP contribution in [-0.4, -0.2) is 41.9 Å². The van der Waals surface area contributed by atoms with Crippen molar-refractivity contribution in [3.05, 3.63) is 106 Å². The highest BCUT2D eigenvalue weighted by Crippen LogP contribution is 2.30. The van der Waals surface area contributed by atoms with Crippen LogP contribution in [0.5, 0.6) is 0 Å². The topological polar surface area (TPSA) is 23.6 Å². The van der Waals surface area contributed by atoms with Crippen LogP contribution in [0.3, 0.4) is 0 Å². The van der Waals surface area contributed by atoms with E-state index in [1.807, 2.05) is 35.2 Å². The van der Waals surface area contributed by atoms with Gasteiger partial charge in [-0.1, -0.05) is 88.7 Å². The first-order valence-corrected chi connectivity index (χ1v) is 10.9. The summed E-state index contributed by atoms with van der Waals surface area (Å²) >= 11 is 3.54. The van der Waals surface area contributed by atoms with E-state index in [2.05, 4.69) is 75.4 Å². The highest BCUT2D eigenvalue weighted by atomic mass is 79.9. The van der Waals surface area contributed by atoms with Crippen molar-refractivity contribution in [2.24, 2.45) is 0 Å². The van der Waals surface area contributed by atoms with Crippen molar-refractivity contribution in [3.63, 3.8) is 0 Å². The molecule has 0 bridgehead atoms. The van der Waals surface area contributed by atoms with Gasteiger partial charge in [-0.05, 0) is 28.8 Å². The maximum Gasteiger partial charge on any atom is 0.227 e. The molecular weight excluding hydrogens is 424 g/mol. The fourth-order valence-electron chi connectivity index (χ4n) is 4.01. The van der Waals surface area contributed by atoms with Crippen molar-refractivity contribution in [2.75, 3.05) is 26.2 Å². The van der Waals surface area contributed by atoms with E-state index in [0.717, 1.165) is 36.2 Å². The van der Waals surface area contributed by atoms with E-state index in [0.29, 0.717) is 6.42 Å². The molecule has 0 radical (unpaired) electrons. The molecule has 1 saturated heterocycles. The van der Waals surface area contributed by atoms with Gasteiger partial charge in [0.05, 0.1) is 12.5 Å². The molecule has 1 aliphatic heterocycles. The molecule has 1 unspecified atom stereocenters. The fourth-order valence-corrected chi connectivity index (χ4v) is 4.27. The Balaban J connectivity index is 1.47. The van der Waals surface area contributed by atoms with Gasteiger partial charge in [-0.2, -0.15) is 0 Å². The number of rotatable bonds is 5. The zero-order valence-electron chi connectivity index (χ0n) is 16.4. The largest absolute Gasteiger partial charge is 0.340 e. The SMILES string of the molecule is O=C(Cc1ccccc1)N1CCN(C(c2ccccc2)c2ccc(Br)cc2)CC1. The quantitative estimate of drug-likeness (QED) is 0.552. The standard InChI is InChI=1S/C25H25BrN2O/c26-23-13-11-22(12-14-23)25(21-9-5-2-6-10-21)28-17-15-27(16-18-28)24(29)19-20-7-3-1-4-8-20/h1-14,25H,15-19H2. The number of amides is 1. The van der Waals surface area contributed by atoms with Crippen molar-refractivity contribution in [1.82, 2.24) is 9.80 Å². The van der Waals surface area contributed by atoms with Gasteiger partial charge in [0.2, 0.25) is 5.91 Å². The molecule has 1 fully saturated rings. The Labute approximate surface area is 181 Å². The van der Waals surface area contributed by atoms with E-state index < -0.39 is 0 Å². The second-order valence-electron chi connectivity index (χ2n) is 7.44. The van der Waals surface area contributed by atoms with E-state index in [-0.39, 0.29) is 11.9 Å². The van der Waals surface area contributed by atoms with Crippen LogP contribution >= 0.6 is 15.9 Å². The molecule has 29 heavy (non-hydrogen) atoms. The van der Waals surface area contributed by atoms with E-state index in [1.54, 1.807) is 0 Å². The van der Waals surface area contributed by atoms with Crippen LogP contribution in [0, 0.1) is 0 Å². The lowest BCUT2D eigenvalue weighted by Gasteiger charge is -2.40. The summed E-state index contributed by atoms with van der Waals surface area (Å²) in [6, 6.07) is 29.4. The third kappa shape index (κ3) is 4.95. The number of carbonyl (C=O) groups is 1. The zero-order valence-corrected chi connectivity index (χ0v) is 18.0. The molecule has 0 N–H and O–H groups in total. The highest BCUT2D eigenvalue weighted by molar-refractivity contribution is 9.10. The molecule has 3 aromatic carbocycles. The smallest absolute Gasteiger partial charge is 0.227 e. The Hall–Kier alpha value is -2.43. The molecule has 0 spiro atoms. The van der Waals surface area contributed by atoms with E-state index >= 15 is 0 Å². The monoisotopic (exact) mass is 448 g/mol. The van der Waals surface area contributed by atoms with Crippen molar-refractivity contribution >= 4 is 21.8 Å². The summed E-state index contributed by atoms with van der Waals surface area (Å²) in [5.41, 5.74) is 3.65. The molecule has 3 nitrogen and oxygen atoms in total. The van der Waals surface area contributed by atoms with Gasteiger partial charge >= 0.3 is 0 Å². The summed E-state index contributed by atoms with van der Waals surface area (Å²) in [5, 5.41) is 0. The Kier molecular flexibility index (Phi) is 6.43. The van der Waals surface area contributed by atoms with Crippen molar-refractivity contribution in [3.8, 4) is 0 Å².